The first-order valence-electron chi connectivity index (χ1n) is 6.60. The third-order valence-electron chi connectivity index (χ3n) is 2.60. The van der Waals surface area contributed by atoms with Crippen LogP contribution in [0.5, 0.6) is 5.75 Å². The van der Waals surface area contributed by atoms with Gasteiger partial charge in [-0.25, -0.2) is 0 Å². The summed E-state index contributed by atoms with van der Waals surface area (Å²) in [6, 6.07) is 5.16. The monoisotopic (exact) mass is 321 g/mol. The van der Waals surface area contributed by atoms with Crippen LogP contribution < -0.4 is 10.1 Å². The highest BCUT2D eigenvalue weighted by Gasteiger charge is 2.09. The van der Waals surface area contributed by atoms with Crippen LogP contribution in [0.2, 0.25) is 10.0 Å². The lowest BCUT2D eigenvalue weighted by Gasteiger charge is -2.17. The van der Waals surface area contributed by atoms with Crippen LogP contribution in [-0.4, -0.2) is 43.6 Å². The molecule has 114 valence electrons. The fourth-order valence-corrected chi connectivity index (χ4v) is 1.99. The molecule has 0 bridgehead atoms. The quantitative estimate of drug-likeness (QED) is 0.734. The number of ether oxygens (including phenoxy) is 2. The fourth-order valence-electron chi connectivity index (χ4n) is 1.53. The lowest BCUT2D eigenvalue weighted by Crippen LogP contribution is -2.38. The summed E-state index contributed by atoms with van der Waals surface area (Å²) >= 11 is 11.8. The summed E-state index contributed by atoms with van der Waals surface area (Å²) < 4.78 is 10.7. The van der Waals surface area contributed by atoms with Crippen molar-refractivity contribution in [2.75, 3.05) is 26.4 Å². The Bertz CT molecular complexity index is 404. The third kappa shape index (κ3) is 6.77. The number of halogens is 2. The van der Waals surface area contributed by atoms with Crippen LogP contribution in [0.1, 0.15) is 13.8 Å². The van der Waals surface area contributed by atoms with Crippen molar-refractivity contribution < 1.29 is 14.6 Å². The van der Waals surface area contributed by atoms with Gasteiger partial charge < -0.3 is 19.9 Å². The van der Waals surface area contributed by atoms with Crippen molar-refractivity contribution in [1.29, 1.82) is 0 Å². The lowest BCUT2D eigenvalue weighted by atomic mass is 10.3. The molecule has 20 heavy (non-hydrogen) atoms. The van der Waals surface area contributed by atoms with Gasteiger partial charge in [0.05, 0.1) is 11.6 Å². The molecule has 0 radical (unpaired) electrons. The zero-order valence-corrected chi connectivity index (χ0v) is 13.2. The number of nitrogens with one attached hydrogen (secondary N) is 1. The van der Waals surface area contributed by atoms with Gasteiger partial charge in [-0.05, 0) is 32.0 Å². The second kappa shape index (κ2) is 9.42. The number of hydrogen-bond acceptors (Lipinski definition) is 4. The Labute approximate surface area is 130 Å². The molecule has 2 unspecified atom stereocenters. The van der Waals surface area contributed by atoms with Gasteiger partial charge in [-0.3, -0.25) is 0 Å². The molecule has 0 amide bonds. The van der Waals surface area contributed by atoms with Crippen LogP contribution in [0.15, 0.2) is 18.2 Å². The Morgan fingerprint density at radius 1 is 1.30 bits per heavy atom. The average molecular weight is 322 g/mol. The highest BCUT2D eigenvalue weighted by Crippen LogP contribution is 2.27. The van der Waals surface area contributed by atoms with Crippen LogP contribution in [0.4, 0.5) is 0 Å². The first-order valence-corrected chi connectivity index (χ1v) is 7.35. The molecule has 2 N–H and O–H groups in total. The van der Waals surface area contributed by atoms with Gasteiger partial charge in [0.25, 0.3) is 0 Å². The Morgan fingerprint density at radius 2 is 2.05 bits per heavy atom. The first kappa shape index (κ1) is 17.5. The SMILES string of the molecule is CCOCC(C)NCC(O)COc1ccc(Cl)cc1Cl. The van der Waals surface area contributed by atoms with Crippen molar-refractivity contribution in [3.8, 4) is 5.75 Å². The largest absolute Gasteiger partial charge is 0.489 e. The van der Waals surface area contributed by atoms with E-state index in [1.165, 1.54) is 0 Å². The van der Waals surface area contributed by atoms with Gasteiger partial charge in [0.2, 0.25) is 0 Å². The highest BCUT2D eigenvalue weighted by atomic mass is 35.5. The highest BCUT2D eigenvalue weighted by molar-refractivity contribution is 6.35. The van der Waals surface area contributed by atoms with Gasteiger partial charge in [-0.15, -0.1) is 0 Å². The van der Waals surface area contributed by atoms with Crippen LogP contribution in [0.3, 0.4) is 0 Å². The number of hydrogen-bond donors (Lipinski definition) is 2. The van der Waals surface area contributed by atoms with Crippen molar-refractivity contribution in [1.82, 2.24) is 5.32 Å². The van der Waals surface area contributed by atoms with Crippen LogP contribution >= 0.6 is 23.2 Å². The van der Waals surface area contributed by atoms with Gasteiger partial charge >= 0.3 is 0 Å². The molecule has 0 heterocycles. The number of benzene rings is 1. The predicted octanol–water partition coefficient (Wildman–Crippen LogP) is 2.75. The Morgan fingerprint density at radius 3 is 2.70 bits per heavy atom. The lowest BCUT2D eigenvalue weighted by molar-refractivity contribution is 0.0908. The minimum atomic E-state index is -0.620. The summed E-state index contributed by atoms with van der Waals surface area (Å²) in [5.74, 6) is 0.512. The fraction of sp³-hybridized carbons (Fsp3) is 0.571. The van der Waals surface area contributed by atoms with E-state index in [9.17, 15) is 5.11 Å². The zero-order chi connectivity index (χ0) is 15.0. The van der Waals surface area contributed by atoms with E-state index in [1.807, 2.05) is 13.8 Å². The molecule has 0 spiro atoms. The summed E-state index contributed by atoms with van der Waals surface area (Å²) in [7, 11) is 0. The maximum Gasteiger partial charge on any atom is 0.138 e. The van der Waals surface area contributed by atoms with Crippen LogP contribution in [-0.2, 0) is 4.74 Å². The molecule has 0 fully saturated rings. The summed E-state index contributed by atoms with van der Waals surface area (Å²) in [5.41, 5.74) is 0. The van der Waals surface area contributed by atoms with E-state index >= 15 is 0 Å². The van der Waals surface area contributed by atoms with E-state index in [0.717, 1.165) is 0 Å². The first-order chi connectivity index (χ1) is 9.52. The molecule has 1 rings (SSSR count). The zero-order valence-electron chi connectivity index (χ0n) is 11.7. The van der Waals surface area contributed by atoms with Crippen molar-refractivity contribution >= 4 is 23.2 Å². The van der Waals surface area contributed by atoms with Gasteiger partial charge in [-0.2, -0.15) is 0 Å². The molecular formula is C14H21Cl2NO3. The Kier molecular flexibility index (Phi) is 8.26. The number of rotatable bonds is 9. The Balaban J connectivity index is 2.27. The molecule has 0 saturated heterocycles. The average Bonchev–Trinajstić information content (AvgIpc) is 2.41. The van der Waals surface area contributed by atoms with E-state index in [-0.39, 0.29) is 12.6 Å². The molecule has 1 aromatic carbocycles. The van der Waals surface area contributed by atoms with E-state index in [4.69, 9.17) is 32.7 Å². The van der Waals surface area contributed by atoms with E-state index in [2.05, 4.69) is 5.32 Å². The number of aliphatic hydroxyl groups excluding tert-OH is 1. The molecule has 4 nitrogen and oxygen atoms in total. The molecule has 0 saturated carbocycles. The molecule has 0 aliphatic rings. The predicted molar refractivity (Wildman–Crippen MR) is 81.9 cm³/mol. The molecule has 0 aliphatic carbocycles. The summed E-state index contributed by atoms with van der Waals surface area (Å²) in [5, 5.41) is 14.0. The van der Waals surface area contributed by atoms with E-state index in [1.54, 1.807) is 18.2 Å². The van der Waals surface area contributed by atoms with Gasteiger partial charge in [0.15, 0.2) is 0 Å². The summed E-state index contributed by atoms with van der Waals surface area (Å²) in [6.45, 7) is 5.85. The van der Waals surface area contributed by atoms with Crippen molar-refractivity contribution in [3.63, 3.8) is 0 Å². The van der Waals surface area contributed by atoms with Gasteiger partial charge in [-0.1, -0.05) is 23.2 Å². The second-order valence-electron chi connectivity index (χ2n) is 4.51. The molecular weight excluding hydrogens is 301 g/mol. The van der Waals surface area contributed by atoms with Gasteiger partial charge in [0, 0.05) is 24.2 Å². The smallest absolute Gasteiger partial charge is 0.138 e. The minimum absolute atomic E-state index is 0.162. The molecule has 1 aromatic rings. The molecule has 0 aliphatic heterocycles. The third-order valence-corrected chi connectivity index (χ3v) is 3.13. The van der Waals surface area contributed by atoms with Crippen molar-refractivity contribution in [3.05, 3.63) is 28.2 Å². The van der Waals surface area contributed by atoms with Gasteiger partial charge in [0.1, 0.15) is 18.5 Å². The maximum atomic E-state index is 9.83. The normalized spacial score (nSPS) is 14.1. The maximum absolute atomic E-state index is 9.83. The number of aliphatic hydroxyl groups is 1. The molecule has 6 heteroatoms. The van der Waals surface area contributed by atoms with Crippen LogP contribution in [0, 0.1) is 0 Å². The van der Waals surface area contributed by atoms with E-state index < -0.39 is 6.10 Å². The summed E-state index contributed by atoms with van der Waals surface area (Å²) in [6.07, 6.45) is -0.620. The minimum Gasteiger partial charge on any atom is -0.489 e. The van der Waals surface area contributed by atoms with E-state index in [0.29, 0.717) is 35.6 Å². The van der Waals surface area contributed by atoms with Crippen molar-refractivity contribution in [2.24, 2.45) is 0 Å². The van der Waals surface area contributed by atoms with Crippen LogP contribution in [0.25, 0.3) is 0 Å². The topological polar surface area (TPSA) is 50.7 Å². The summed E-state index contributed by atoms with van der Waals surface area (Å²) in [4.78, 5) is 0. The molecule has 2 atom stereocenters. The van der Waals surface area contributed by atoms with Crippen molar-refractivity contribution in [2.45, 2.75) is 26.0 Å². The molecule has 0 aromatic heterocycles. The Hall–Kier alpha value is -0.520. The second-order valence-corrected chi connectivity index (χ2v) is 5.35. The standard InChI is InChI=1S/C14H21Cl2NO3/c1-3-19-8-10(2)17-7-12(18)9-20-14-5-4-11(15)6-13(14)16/h4-6,10,12,17-18H,3,7-9H2,1-2H3.